The van der Waals surface area contributed by atoms with Gasteiger partial charge in [-0.25, -0.2) is 0 Å². The number of thiophene rings is 2. The van der Waals surface area contributed by atoms with Crippen molar-refractivity contribution in [2.24, 2.45) is 0 Å². The molecule has 0 unspecified atom stereocenters. The van der Waals surface area contributed by atoms with Crippen LogP contribution in [0.15, 0.2) is 182 Å². The van der Waals surface area contributed by atoms with Crippen LogP contribution in [0.4, 0.5) is 17.1 Å². The lowest BCUT2D eigenvalue weighted by atomic mass is 10.00. The van der Waals surface area contributed by atoms with Crippen molar-refractivity contribution in [3.8, 4) is 22.3 Å². The average Bonchev–Trinajstić information content (AvgIpc) is 3.81. The van der Waals surface area contributed by atoms with Gasteiger partial charge in [0.05, 0.1) is 0 Å². The number of pyridine rings is 1. The summed E-state index contributed by atoms with van der Waals surface area (Å²) in [7, 11) is 0. The molecule has 4 heteroatoms. The molecule has 0 spiro atoms. The van der Waals surface area contributed by atoms with E-state index in [0.717, 1.165) is 17.1 Å². The summed E-state index contributed by atoms with van der Waals surface area (Å²) in [6, 6.07) is 62.4. The van der Waals surface area contributed by atoms with Crippen molar-refractivity contribution in [3.05, 3.63) is 182 Å². The van der Waals surface area contributed by atoms with E-state index in [9.17, 15) is 0 Å². The molecule has 0 saturated heterocycles. The molecule has 11 rings (SSSR count). The number of aromatic nitrogens is 1. The number of hydrogen-bond donors (Lipinski definition) is 0. The fraction of sp³-hybridized carbons (Fsp3) is 0. The maximum atomic E-state index is 4.17. The van der Waals surface area contributed by atoms with Crippen LogP contribution >= 0.6 is 22.7 Å². The van der Waals surface area contributed by atoms with Crippen molar-refractivity contribution >= 4 is 102 Å². The predicted molar refractivity (Wildman–Crippen MR) is 231 cm³/mol. The molecule has 0 aliphatic heterocycles. The Labute approximate surface area is 314 Å². The molecule has 2 nitrogen and oxygen atoms in total. The van der Waals surface area contributed by atoms with E-state index >= 15 is 0 Å². The summed E-state index contributed by atoms with van der Waals surface area (Å²) in [5.41, 5.74) is 8.12. The van der Waals surface area contributed by atoms with Crippen molar-refractivity contribution in [1.82, 2.24) is 4.98 Å². The molecule has 0 atom stereocenters. The van der Waals surface area contributed by atoms with Gasteiger partial charge < -0.3 is 4.90 Å². The molecule has 0 fully saturated rings. The van der Waals surface area contributed by atoms with Gasteiger partial charge in [-0.15, -0.1) is 22.7 Å². The van der Waals surface area contributed by atoms with Crippen LogP contribution in [0.5, 0.6) is 0 Å². The Hall–Kier alpha value is -6.33. The van der Waals surface area contributed by atoms with E-state index in [1.165, 1.54) is 84.1 Å². The third-order valence-corrected chi connectivity index (χ3v) is 13.0. The van der Waals surface area contributed by atoms with Gasteiger partial charge in [-0.2, -0.15) is 0 Å². The third-order valence-electron chi connectivity index (χ3n) is 10.6. The third kappa shape index (κ3) is 5.02. The summed E-state index contributed by atoms with van der Waals surface area (Å²) in [6.07, 6.45) is 3.68. The van der Waals surface area contributed by atoms with Gasteiger partial charge in [-0.1, -0.05) is 109 Å². The van der Waals surface area contributed by atoms with Crippen molar-refractivity contribution in [1.29, 1.82) is 0 Å². The van der Waals surface area contributed by atoms with Gasteiger partial charge >= 0.3 is 0 Å². The second-order valence-electron chi connectivity index (χ2n) is 13.6. The Bertz CT molecular complexity index is 3000. The van der Waals surface area contributed by atoms with Gasteiger partial charge in [0, 0.05) is 69.8 Å². The largest absolute Gasteiger partial charge is 0.310 e. The van der Waals surface area contributed by atoms with E-state index in [-0.39, 0.29) is 0 Å². The Morgan fingerprint density at radius 2 is 0.755 bits per heavy atom. The van der Waals surface area contributed by atoms with Crippen molar-refractivity contribution < 1.29 is 0 Å². The predicted octanol–water partition coefficient (Wildman–Crippen LogP) is 14.9. The number of anilines is 3. The van der Waals surface area contributed by atoms with Crippen LogP contribution < -0.4 is 4.90 Å². The minimum atomic E-state index is 1.12. The molecule has 53 heavy (non-hydrogen) atoms. The highest BCUT2D eigenvalue weighted by molar-refractivity contribution is 7.27. The van der Waals surface area contributed by atoms with Gasteiger partial charge in [0.15, 0.2) is 0 Å². The highest BCUT2D eigenvalue weighted by Crippen LogP contribution is 2.44. The van der Waals surface area contributed by atoms with Crippen LogP contribution in [0, 0.1) is 0 Å². The topological polar surface area (TPSA) is 16.1 Å². The van der Waals surface area contributed by atoms with E-state index in [2.05, 4.69) is 168 Å². The Kier molecular flexibility index (Phi) is 6.94. The van der Waals surface area contributed by atoms with Crippen LogP contribution in [0.3, 0.4) is 0 Å². The van der Waals surface area contributed by atoms with Crippen molar-refractivity contribution in [2.45, 2.75) is 0 Å². The number of rotatable bonds is 5. The molecule has 0 aliphatic carbocycles. The highest BCUT2D eigenvalue weighted by atomic mass is 32.1. The molecule has 8 aromatic carbocycles. The SMILES string of the molecule is c1ccc2c(c1)sc1c3ccc(N(c4ccc(-c5ccc(-c6ccncc6)cc5)cc4)c4ccc5c(ccc6c7ccccc7sc56)c4)cc3ccc21. The van der Waals surface area contributed by atoms with Crippen LogP contribution in [-0.4, -0.2) is 4.98 Å². The fourth-order valence-electron chi connectivity index (χ4n) is 7.93. The lowest BCUT2D eigenvalue weighted by Crippen LogP contribution is -2.09. The summed E-state index contributed by atoms with van der Waals surface area (Å²) in [5.74, 6) is 0. The Balaban J connectivity index is 1.04. The molecule has 3 aromatic heterocycles. The molecule has 0 radical (unpaired) electrons. The molecule has 3 heterocycles. The monoisotopic (exact) mass is 710 g/mol. The molecular weight excluding hydrogens is 681 g/mol. The zero-order valence-corrected chi connectivity index (χ0v) is 30.2. The fourth-order valence-corrected chi connectivity index (χ4v) is 10.4. The number of hydrogen-bond acceptors (Lipinski definition) is 4. The summed E-state index contributed by atoms with van der Waals surface area (Å²) < 4.78 is 5.35. The molecule has 0 amide bonds. The van der Waals surface area contributed by atoms with Gasteiger partial charge in [0.25, 0.3) is 0 Å². The first-order valence-corrected chi connectivity index (χ1v) is 19.5. The second-order valence-corrected chi connectivity index (χ2v) is 15.7. The number of fused-ring (bicyclic) bond motifs is 10. The number of nitrogens with zero attached hydrogens (tertiary/aromatic N) is 2. The first kappa shape index (κ1) is 30.3. The molecule has 248 valence electrons. The summed E-state index contributed by atoms with van der Waals surface area (Å²) in [6.45, 7) is 0. The molecule has 0 aliphatic rings. The van der Waals surface area contributed by atoms with E-state index in [0.29, 0.717) is 0 Å². The number of benzene rings is 8. The van der Waals surface area contributed by atoms with Gasteiger partial charge in [-0.3, -0.25) is 4.98 Å². The molecule has 0 N–H and O–H groups in total. The molecule has 11 aromatic rings. The summed E-state index contributed by atoms with van der Waals surface area (Å²) in [5, 5.41) is 10.4. The minimum absolute atomic E-state index is 1.12. The Morgan fingerprint density at radius 3 is 1.26 bits per heavy atom. The van der Waals surface area contributed by atoms with E-state index in [1.807, 2.05) is 47.2 Å². The van der Waals surface area contributed by atoms with E-state index in [4.69, 9.17) is 0 Å². The maximum Gasteiger partial charge on any atom is 0.0468 e. The normalized spacial score (nSPS) is 11.8. The standard InChI is InChI=1S/C49H30N2S2/c1-3-7-46-42(5-1)44-21-15-35-29-38(19-23-40(35)48(44)52-46)51(37-17-13-33(14-18-37)31-9-11-32(12-10-31)34-25-27-50-28-26-34)39-20-24-41-36(30-39)16-22-45-43-6-2-4-8-47(43)53-49(41)45/h1-30H. The first-order chi connectivity index (χ1) is 26.2. The van der Waals surface area contributed by atoms with Gasteiger partial charge in [0.2, 0.25) is 0 Å². The Morgan fingerprint density at radius 1 is 0.340 bits per heavy atom. The smallest absolute Gasteiger partial charge is 0.0468 e. The quantitative estimate of drug-likeness (QED) is 0.177. The highest BCUT2D eigenvalue weighted by Gasteiger charge is 2.17. The van der Waals surface area contributed by atoms with Gasteiger partial charge in [0.1, 0.15) is 0 Å². The molecule has 0 bridgehead atoms. The lowest BCUT2D eigenvalue weighted by molar-refractivity contribution is 1.29. The molecular formula is C49H30N2S2. The van der Waals surface area contributed by atoms with Crippen molar-refractivity contribution in [3.63, 3.8) is 0 Å². The van der Waals surface area contributed by atoms with E-state index < -0.39 is 0 Å². The summed E-state index contributed by atoms with van der Waals surface area (Å²) in [4.78, 5) is 6.57. The zero-order chi connectivity index (χ0) is 34.9. The zero-order valence-electron chi connectivity index (χ0n) is 28.5. The average molecular weight is 711 g/mol. The lowest BCUT2D eigenvalue weighted by Gasteiger charge is -2.26. The first-order valence-electron chi connectivity index (χ1n) is 17.8. The molecule has 0 saturated carbocycles. The minimum Gasteiger partial charge on any atom is -0.310 e. The van der Waals surface area contributed by atoms with Gasteiger partial charge in [-0.05, 0) is 104 Å². The van der Waals surface area contributed by atoms with Crippen LogP contribution in [0.25, 0.3) is 84.1 Å². The van der Waals surface area contributed by atoms with E-state index in [1.54, 1.807) is 0 Å². The van der Waals surface area contributed by atoms with Crippen molar-refractivity contribution in [2.75, 3.05) is 4.90 Å². The van der Waals surface area contributed by atoms with Crippen LogP contribution in [-0.2, 0) is 0 Å². The second kappa shape index (κ2) is 12.1. The maximum absolute atomic E-state index is 4.17. The summed E-state index contributed by atoms with van der Waals surface area (Å²) >= 11 is 3.77. The van der Waals surface area contributed by atoms with Crippen LogP contribution in [0.1, 0.15) is 0 Å². The van der Waals surface area contributed by atoms with Crippen LogP contribution in [0.2, 0.25) is 0 Å².